The van der Waals surface area contributed by atoms with Crippen molar-refractivity contribution in [2.24, 2.45) is 5.41 Å². The third-order valence-corrected chi connectivity index (χ3v) is 7.98. The Labute approximate surface area is 282 Å². The van der Waals surface area contributed by atoms with Crippen molar-refractivity contribution in [2.45, 2.75) is 65.3 Å². The summed E-state index contributed by atoms with van der Waals surface area (Å²) in [7, 11) is 2.03. The molecule has 0 saturated heterocycles. The van der Waals surface area contributed by atoms with Crippen LogP contribution in [0.15, 0.2) is 78.9 Å². The molecule has 10 nitrogen and oxygen atoms in total. The van der Waals surface area contributed by atoms with Crippen LogP contribution in [0, 0.1) is 5.41 Å². The lowest BCUT2D eigenvalue weighted by Crippen LogP contribution is -2.29. The van der Waals surface area contributed by atoms with Crippen LogP contribution in [0.3, 0.4) is 0 Å². The van der Waals surface area contributed by atoms with E-state index in [0.717, 1.165) is 34.7 Å². The largest absolute Gasteiger partial charge is 0.435 e. The van der Waals surface area contributed by atoms with Crippen LogP contribution in [0.25, 0.3) is 5.69 Å². The Kier molecular flexibility index (Phi) is 10.2. The first-order chi connectivity index (χ1) is 23.1. The van der Waals surface area contributed by atoms with E-state index in [1.165, 1.54) is 13.0 Å². The van der Waals surface area contributed by atoms with E-state index < -0.39 is 29.2 Å². The third-order valence-electron chi connectivity index (χ3n) is 7.98. The zero-order valence-corrected chi connectivity index (χ0v) is 27.9. The molecule has 1 saturated carbocycles. The minimum atomic E-state index is -4.80. The minimum Gasteiger partial charge on any atom is -0.370 e. The summed E-state index contributed by atoms with van der Waals surface area (Å²) in [6, 6.07) is 22.0. The van der Waals surface area contributed by atoms with Gasteiger partial charge in [-0.05, 0) is 93.7 Å². The Bertz CT molecular complexity index is 1830. The maximum Gasteiger partial charge on any atom is 0.435 e. The lowest BCUT2D eigenvalue weighted by Gasteiger charge is -2.29. The van der Waals surface area contributed by atoms with Gasteiger partial charge in [-0.3, -0.25) is 14.5 Å². The highest BCUT2D eigenvalue weighted by atomic mass is 19.4. The maximum atomic E-state index is 13.8. The van der Waals surface area contributed by atoms with Crippen molar-refractivity contribution >= 4 is 29.2 Å². The monoisotopic (exact) mass is 676 g/mol. The van der Waals surface area contributed by atoms with Gasteiger partial charge >= 0.3 is 12.1 Å². The Morgan fingerprint density at radius 2 is 1.61 bits per heavy atom. The molecule has 1 fully saturated rings. The zero-order chi connectivity index (χ0) is 35.5. The molecule has 4 aromatic rings. The Morgan fingerprint density at radius 3 is 2.24 bits per heavy atom. The van der Waals surface area contributed by atoms with E-state index in [-0.39, 0.29) is 29.9 Å². The fraction of sp³-hybridized carbons (Fsp3) is 0.333. The lowest BCUT2D eigenvalue weighted by molar-refractivity contribution is -0.161. The first kappa shape index (κ1) is 35.3. The first-order valence-electron chi connectivity index (χ1n) is 15.8. The fourth-order valence-corrected chi connectivity index (χ4v) is 5.30. The molecule has 5 rings (SSSR count). The molecule has 13 heteroatoms. The summed E-state index contributed by atoms with van der Waals surface area (Å²) in [5.74, 6) is -1.43. The second kappa shape index (κ2) is 14.2. The van der Waals surface area contributed by atoms with E-state index in [4.69, 9.17) is 4.84 Å². The number of carbonyl (C=O) groups excluding carboxylic acids is 3. The molecule has 1 aromatic heterocycles. The molecule has 0 bridgehead atoms. The number of hydroxylamine groups is 1. The van der Waals surface area contributed by atoms with Crippen LogP contribution in [0.1, 0.15) is 79.5 Å². The van der Waals surface area contributed by atoms with Crippen LogP contribution < -0.4 is 16.1 Å². The van der Waals surface area contributed by atoms with Crippen molar-refractivity contribution in [2.75, 3.05) is 17.7 Å². The molecule has 1 aliphatic rings. The Morgan fingerprint density at radius 1 is 0.918 bits per heavy atom. The molecular formula is C36H39F3N6O4. The second-order valence-electron chi connectivity index (χ2n) is 13.1. The molecule has 3 aromatic carbocycles. The second-order valence-corrected chi connectivity index (χ2v) is 13.1. The van der Waals surface area contributed by atoms with E-state index in [2.05, 4.69) is 26.1 Å². The number of anilines is 2. The highest BCUT2D eigenvalue weighted by Gasteiger charge is 2.37. The van der Waals surface area contributed by atoms with E-state index in [1.54, 1.807) is 57.2 Å². The molecule has 1 unspecified atom stereocenters. The fourth-order valence-electron chi connectivity index (χ4n) is 5.30. The van der Waals surface area contributed by atoms with E-state index in [1.807, 2.05) is 37.4 Å². The van der Waals surface area contributed by atoms with E-state index in [0.29, 0.717) is 23.0 Å². The van der Waals surface area contributed by atoms with Crippen LogP contribution in [0.5, 0.6) is 0 Å². The standard InChI is InChI=1S/C36H39F3N6O4/c1-22(46)41-26-14-12-24(13-15-26)32(44(5)28-16-17-28)25-9-7-10-27(19-25)42-33(47)30-20-31(36(37,38)39)43-45(30)29-11-6-8-23(18-29)21-40-49-34(48)35(2,3)4/h6-15,18-20,28,32,40H,16-17,21H2,1-5H3,(H,41,46)(H,42,47). The average Bonchev–Trinajstić information content (AvgIpc) is 3.78. The average molecular weight is 677 g/mol. The number of nitrogens with one attached hydrogen (secondary N) is 3. The molecular weight excluding hydrogens is 637 g/mol. The number of rotatable bonds is 11. The number of aromatic nitrogens is 2. The summed E-state index contributed by atoms with van der Waals surface area (Å²) in [6.45, 7) is 6.63. The highest BCUT2D eigenvalue weighted by molar-refractivity contribution is 6.03. The lowest BCUT2D eigenvalue weighted by atomic mass is 9.96. The quantitative estimate of drug-likeness (QED) is 0.148. The molecule has 258 valence electrons. The van der Waals surface area contributed by atoms with Crippen molar-refractivity contribution in [1.29, 1.82) is 0 Å². The summed E-state index contributed by atoms with van der Waals surface area (Å²) >= 11 is 0. The molecule has 1 heterocycles. The van der Waals surface area contributed by atoms with Gasteiger partial charge in [-0.15, -0.1) is 5.48 Å². The van der Waals surface area contributed by atoms with Crippen molar-refractivity contribution < 1.29 is 32.4 Å². The topological polar surface area (TPSA) is 118 Å². The van der Waals surface area contributed by atoms with Gasteiger partial charge in [0.2, 0.25) is 5.91 Å². The van der Waals surface area contributed by atoms with Crippen molar-refractivity contribution in [3.63, 3.8) is 0 Å². The predicted molar refractivity (Wildman–Crippen MR) is 179 cm³/mol. The van der Waals surface area contributed by atoms with Crippen molar-refractivity contribution in [3.05, 3.63) is 107 Å². The number of carbonyl (C=O) groups is 3. The van der Waals surface area contributed by atoms with Gasteiger partial charge in [-0.25, -0.2) is 9.48 Å². The summed E-state index contributed by atoms with van der Waals surface area (Å²) < 4.78 is 42.5. The van der Waals surface area contributed by atoms with Crippen LogP contribution in [0.4, 0.5) is 24.5 Å². The van der Waals surface area contributed by atoms with Gasteiger partial charge < -0.3 is 15.5 Å². The van der Waals surface area contributed by atoms with Gasteiger partial charge in [0.15, 0.2) is 5.69 Å². The number of hydrogen-bond donors (Lipinski definition) is 3. The van der Waals surface area contributed by atoms with Gasteiger partial charge in [0.25, 0.3) is 5.91 Å². The first-order valence-corrected chi connectivity index (χ1v) is 15.8. The normalized spacial score (nSPS) is 14.0. The van der Waals surface area contributed by atoms with Gasteiger partial charge in [0.05, 0.1) is 23.7 Å². The number of benzene rings is 3. The smallest absolute Gasteiger partial charge is 0.370 e. The number of hydrogen-bond acceptors (Lipinski definition) is 7. The van der Waals surface area contributed by atoms with Gasteiger partial charge in [0.1, 0.15) is 5.69 Å². The summed E-state index contributed by atoms with van der Waals surface area (Å²) in [5, 5.41) is 9.29. The van der Waals surface area contributed by atoms with E-state index >= 15 is 0 Å². The molecule has 0 spiro atoms. The van der Waals surface area contributed by atoms with Gasteiger partial charge in [-0.1, -0.05) is 36.4 Å². The van der Waals surface area contributed by atoms with Crippen molar-refractivity contribution in [3.8, 4) is 5.69 Å². The highest BCUT2D eigenvalue weighted by Crippen LogP contribution is 2.38. The summed E-state index contributed by atoms with van der Waals surface area (Å²) in [6.07, 6.45) is -2.69. The van der Waals surface area contributed by atoms with Gasteiger partial charge in [0, 0.05) is 30.4 Å². The number of halogens is 3. The minimum absolute atomic E-state index is 0.0732. The maximum absolute atomic E-state index is 13.8. The van der Waals surface area contributed by atoms with E-state index in [9.17, 15) is 27.6 Å². The Hall–Kier alpha value is -5.01. The van der Waals surface area contributed by atoms with Crippen molar-refractivity contribution in [1.82, 2.24) is 20.2 Å². The number of nitrogens with zero attached hydrogens (tertiary/aromatic N) is 3. The zero-order valence-electron chi connectivity index (χ0n) is 27.9. The van der Waals surface area contributed by atoms with Crippen LogP contribution in [0.2, 0.25) is 0 Å². The molecule has 49 heavy (non-hydrogen) atoms. The molecule has 3 N–H and O–H groups in total. The SMILES string of the molecule is CC(=O)Nc1ccc(C(c2cccc(NC(=O)c3cc(C(F)(F)F)nn3-c3cccc(CNOC(=O)C(C)(C)C)c3)c2)N(C)C2CC2)cc1. The molecule has 0 aliphatic heterocycles. The van der Waals surface area contributed by atoms with Crippen LogP contribution >= 0.6 is 0 Å². The van der Waals surface area contributed by atoms with Crippen LogP contribution in [-0.4, -0.2) is 45.6 Å². The molecule has 0 radical (unpaired) electrons. The van der Waals surface area contributed by atoms with Crippen LogP contribution in [-0.2, 0) is 27.1 Å². The molecule has 1 atom stereocenters. The number of amides is 2. The molecule has 1 aliphatic carbocycles. The number of alkyl halides is 3. The predicted octanol–water partition coefficient (Wildman–Crippen LogP) is 6.88. The summed E-state index contributed by atoms with van der Waals surface area (Å²) in [4.78, 5) is 44.6. The third kappa shape index (κ3) is 8.92. The van der Waals surface area contributed by atoms with Gasteiger partial charge in [-0.2, -0.15) is 18.3 Å². The Balaban J connectivity index is 1.41. The summed E-state index contributed by atoms with van der Waals surface area (Å²) in [5.41, 5.74) is 4.02. The molecule has 2 amide bonds.